The van der Waals surface area contributed by atoms with Crippen LogP contribution in [-0.2, 0) is 11.3 Å². The van der Waals surface area contributed by atoms with Crippen molar-refractivity contribution in [2.24, 2.45) is 0 Å². The van der Waals surface area contributed by atoms with Crippen LogP contribution in [0.1, 0.15) is 24.6 Å². The van der Waals surface area contributed by atoms with E-state index in [4.69, 9.17) is 4.74 Å². The molecule has 24 heavy (non-hydrogen) atoms. The Morgan fingerprint density at radius 3 is 2.92 bits per heavy atom. The summed E-state index contributed by atoms with van der Waals surface area (Å²) in [6.45, 7) is 0.835. The molecule has 3 aromatic rings. The third-order valence-electron chi connectivity index (χ3n) is 4.01. The molecule has 1 saturated heterocycles. The van der Waals surface area contributed by atoms with Gasteiger partial charge in [-0.25, -0.2) is 9.37 Å². The molecule has 124 valence electrons. The number of nitrogens with one attached hydrogen (secondary N) is 1. The smallest absolute Gasteiger partial charge is 0.312 e. The predicted molar refractivity (Wildman–Crippen MR) is 83.2 cm³/mol. The maximum absolute atomic E-state index is 13.8. The molecule has 0 aliphatic carbocycles. The van der Waals surface area contributed by atoms with Gasteiger partial charge in [0.05, 0.1) is 6.33 Å². The number of fused-ring (bicyclic) bond motifs is 1. The molecule has 6 nitrogen and oxygen atoms in total. The third kappa shape index (κ3) is 2.69. The van der Waals surface area contributed by atoms with E-state index in [2.05, 4.69) is 20.3 Å². The molecule has 0 bridgehead atoms. The van der Waals surface area contributed by atoms with Crippen LogP contribution in [0, 0.1) is 11.9 Å². The van der Waals surface area contributed by atoms with Crippen LogP contribution in [-0.4, -0.2) is 26.1 Å². The molecule has 0 amide bonds. The van der Waals surface area contributed by atoms with Crippen LogP contribution < -0.4 is 5.32 Å². The summed E-state index contributed by atoms with van der Waals surface area (Å²) in [6, 6.07) is 6.38. The topological polar surface area (TPSA) is 64.9 Å². The molecule has 1 fully saturated rings. The fraction of sp³-hybridized carbons (Fsp3) is 0.312. The van der Waals surface area contributed by atoms with Gasteiger partial charge in [0, 0.05) is 18.7 Å². The van der Waals surface area contributed by atoms with Crippen LogP contribution in [0.5, 0.6) is 0 Å². The number of ether oxygens (including phenoxy) is 1. The lowest BCUT2D eigenvalue weighted by Crippen LogP contribution is -2.09. The first kappa shape index (κ1) is 14.9. The van der Waals surface area contributed by atoms with Crippen molar-refractivity contribution in [1.29, 1.82) is 0 Å². The van der Waals surface area contributed by atoms with E-state index in [0.29, 0.717) is 23.3 Å². The summed E-state index contributed by atoms with van der Waals surface area (Å²) in [7, 11) is 0. The van der Waals surface area contributed by atoms with E-state index in [0.717, 1.165) is 12.8 Å². The standard InChI is InChI=1S/C16H15F2N5O/c17-11-5-2-1-4-10(11)8-19-14-13-15(22-16(18)21-14)23(9-20-13)12-6-3-7-24-12/h1-2,4-5,9,12H,3,6-8H2,(H,19,21,22). The van der Waals surface area contributed by atoms with Gasteiger partial charge in [-0.1, -0.05) is 18.2 Å². The highest BCUT2D eigenvalue weighted by Crippen LogP contribution is 2.28. The summed E-state index contributed by atoms with van der Waals surface area (Å²) >= 11 is 0. The summed E-state index contributed by atoms with van der Waals surface area (Å²) in [4.78, 5) is 11.9. The first-order valence-corrected chi connectivity index (χ1v) is 7.71. The van der Waals surface area contributed by atoms with Crippen molar-refractivity contribution in [1.82, 2.24) is 19.5 Å². The highest BCUT2D eigenvalue weighted by Gasteiger charge is 2.22. The first-order valence-electron chi connectivity index (χ1n) is 7.71. The maximum Gasteiger partial charge on any atom is 0.312 e. The number of benzene rings is 1. The van der Waals surface area contributed by atoms with E-state index < -0.39 is 6.08 Å². The summed E-state index contributed by atoms with van der Waals surface area (Å²) in [6.07, 6.45) is 2.29. The van der Waals surface area contributed by atoms with E-state index in [1.54, 1.807) is 29.1 Å². The molecule has 4 rings (SSSR count). The molecule has 2 aromatic heterocycles. The van der Waals surface area contributed by atoms with Gasteiger partial charge < -0.3 is 10.1 Å². The molecule has 0 radical (unpaired) electrons. The van der Waals surface area contributed by atoms with Crippen LogP contribution in [0.2, 0.25) is 0 Å². The first-order chi connectivity index (χ1) is 11.7. The molecule has 1 N–H and O–H groups in total. The van der Waals surface area contributed by atoms with Gasteiger partial charge in [-0.3, -0.25) is 4.57 Å². The molecule has 3 heterocycles. The van der Waals surface area contributed by atoms with E-state index in [1.165, 1.54) is 6.07 Å². The second-order valence-electron chi connectivity index (χ2n) is 5.58. The third-order valence-corrected chi connectivity index (χ3v) is 4.01. The van der Waals surface area contributed by atoms with Crippen LogP contribution in [0.25, 0.3) is 11.2 Å². The fourth-order valence-corrected chi connectivity index (χ4v) is 2.82. The molecule has 1 aliphatic rings. The summed E-state index contributed by atoms with van der Waals surface area (Å²) < 4.78 is 34.8. The normalized spacial score (nSPS) is 17.5. The zero-order chi connectivity index (χ0) is 16.5. The zero-order valence-electron chi connectivity index (χ0n) is 12.7. The van der Waals surface area contributed by atoms with Gasteiger partial charge >= 0.3 is 6.08 Å². The minimum atomic E-state index is -0.863. The van der Waals surface area contributed by atoms with Gasteiger partial charge in [0.2, 0.25) is 0 Å². The predicted octanol–water partition coefficient (Wildman–Crippen LogP) is 3.03. The highest BCUT2D eigenvalue weighted by atomic mass is 19.1. The number of rotatable bonds is 4. The number of imidazole rings is 1. The van der Waals surface area contributed by atoms with Crippen LogP contribution in [0.3, 0.4) is 0 Å². The number of aromatic nitrogens is 4. The highest BCUT2D eigenvalue weighted by molar-refractivity contribution is 5.82. The molecule has 0 spiro atoms. The van der Waals surface area contributed by atoms with Crippen molar-refractivity contribution in [3.05, 3.63) is 48.1 Å². The Balaban J connectivity index is 1.66. The lowest BCUT2D eigenvalue weighted by molar-refractivity contribution is 0.0592. The van der Waals surface area contributed by atoms with Gasteiger partial charge in [-0.15, -0.1) is 0 Å². The van der Waals surface area contributed by atoms with Gasteiger partial charge in [-0.05, 0) is 18.9 Å². The van der Waals surface area contributed by atoms with E-state index >= 15 is 0 Å². The maximum atomic E-state index is 13.8. The Morgan fingerprint density at radius 2 is 2.12 bits per heavy atom. The molecule has 1 unspecified atom stereocenters. The van der Waals surface area contributed by atoms with Crippen molar-refractivity contribution in [2.45, 2.75) is 25.6 Å². The molecule has 8 heteroatoms. The average molecular weight is 331 g/mol. The van der Waals surface area contributed by atoms with Gasteiger partial charge in [0.15, 0.2) is 17.0 Å². The molecule has 0 saturated carbocycles. The van der Waals surface area contributed by atoms with E-state index in [1.807, 2.05) is 0 Å². The minimum absolute atomic E-state index is 0.172. The van der Waals surface area contributed by atoms with Crippen molar-refractivity contribution in [3.8, 4) is 0 Å². The Bertz CT molecular complexity index is 876. The summed E-state index contributed by atoms with van der Waals surface area (Å²) in [5, 5.41) is 2.94. The molecule has 1 aliphatic heterocycles. The Kier molecular flexibility index (Phi) is 3.81. The van der Waals surface area contributed by atoms with Crippen molar-refractivity contribution < 1.29 is 13.5 Å². The quantitative estimate of drug-likeness (QED) is 0.745. The summed E-state index contributed by atoms with van der Waals surface area (Å²) in [5.74, 6) is -0.0989. The summed E-state index contributed by atoms with van der Waals surface area (Å²) in [5.41, 5.74) is 1.26. The van der Waals surface area contributed by atoms with Gasteiger partial charge in [-0.2, -0.15) is 14.4 Å². The van der Waals surface area contributed by atoms with Gasteiger partial charge in [0.25, 0.3) is 0 Å². The monoisotopic (exact) mass is 331 g/mol. The molecule has 1 aromatic carbocycles. The van der Waals surface area contributed by atoms with Crippen LogP contribution in [0.15, 0.2) is 30.6 Å². The Labute approximate surface area is 136 Å². The van der Waals surface area contributed by atoms with Crippen molar-refractivity contribution >= 4 is 17.0 Å². The largest absolute Gasteiger partial charge is 0.364 e. The number of anilines is 1. The lowest BCUT2D eigenvalue weighted by atomic mass is 10.2. The van der Waals surface area contributed by atoms with Crippen LogP contribution in [0.4, 0.5) is 14.6 Å². The Hall–Kier alpha value is -2.61. The van der Waals surface area contributed by atoms with E-state index in [9.17, 15) is 8.78 Å². The number of hydrogen-bond acceptors (Lipinski definition) is 5. The second-order valence-corrected chi connectivity index (χ2v) is 5.58. The molecular formula is C16H15F2N5O. The molecule has 1 atom stereocenters. The van der Waals surface area contributed by atoms with Crippen molar-refractivity contribution in [3.63, 3.8) is 0 Å². The molecular weight excluding hydrogens is 316 g/mol. The SMILES string of the molecule is Fc1nc(NCc2ccccc2F)c2ncn(C3CCCO3)c2n1. The van der Waals surface area contributed by atoms with E-state index in [-0.39, 0.29) is 24.4 Å². The average Bonchev–Trinajstić information content (AvgIpc) is 3.22. The number of halogens is 2. The van der Waals surface area contributed by atoms with Crippen LogP contribution >= 0.6 is 0 Å². The number of hydrogen-bond donors (Lipinski definition) is 1. The lowest BCUT2D eigenvalue weighted by Gasteiger charge is -2.12. The minimum Gasteiger partial charge on any atom is -0.364 e. The van der Waals surface area contributed by atoms with Gasteiger partial charge in [0.1, 0.15) is 12.0 Å². The number of nitrogens with zero attached hydrogens (tertiary/aromatic N) is 4. The van der Waals surface area contributed by atoms with Crippen molar-refractivity contribution in [2.75, 3.05) is 11.9 Å². The second kappa shape index (κ2) is 6.12. The Morgan fingerprint density at radius 1 is 1.25 bits per heavy atom. The fourth-order valence-electron chi connectivity index (χ4n) is 2.82. The zero-order valence-corrected chi connectivity index (χ0v) is 12.7.